The molecule has 1 rings (SSSR count). The van der Waals surface area contributed by atoms with Crippen LogP contribution in [0.15, 0.2) is 12.1 Å². The number of halogens is 2. The molecule has 0 aromatic heterocycles. The summed E-state index contributed by atoms with van der Waals surface area (Å²) in [6, 6.07) is 2.65. The summed E-state index contributed by atoms with van der Waals surface area (Å²) in [7, 11) is 0. The second-order valence-corrected chi connectivity index (χ2v) is 6.77. The first kappa shape index (κ1) is 19.5. The number of aldehydes is 1. The average Bonchev–Trinajstić information content (AvgIpc) is 2.46. The molecule has 0 atom stereocenters. The number of carbonyl (C=O) groups excluding carboxylic acids is 3. The van der Waals surface area contributed by atoms with Gasteiger partial charge < -0.3 is 9.47 Å². The monoisotopic (exact) mass is 360 g/mol. The van der Waals surface area contributed by atoms with Gasteiger partial charge in [-0.3, -0.25) is 14.4 Å². The topological polar surface area (TPSA) is 69.7 Å². The summed E-state index contributed by atoms with van der Waals surface area (Å²) >= 11 is 11.7. The highest BCUT2D eigenvalue weighted by Gasteiger charge is 2.40. The Morgan fingerprint density at radius 3 is 2.35 bits per heavy atom. The van der Waals surface area contributed by atoms with E-state index < -0.39 is 17.4 Å². The molecule has 7 heteroatoms. The predicted octanol–water partition coefficient (Wildman–Crippen LogP) is 3.94. The van der Waals surface area contributed by atoms with Crippen LogP contribution in [-0.4, -0.2) is 24.8 Å². The first-order valence-corrected chi connectivity index (χ1v) is 7.69. The van der Waals surface area contributed by atoms with Gasteiger partial charge in [0.25, 0.3) is 0 Å². The number of esters is 2. The van der Waals surface area contributed by atoms with Crippen molar-refractivity contribution in [1.82, 2.24) is 0 Å². The highest BCUT2D eigenvalue weighted by atomic mass is 35.5. The van der Waals surface area contributed by atoms with Crippen LogP contribution < -0.4 is 4.74 Å². The molecule has 0 N–H and O–H groups in total. The second kappa shape index (κ2) is 7.79. The summed E-state index contributed by atoms with van der Waals surface area (Å²) in [5.74, 6) is -1.59. The lowest BCUT2D eigenvalue weighted by molar-refractivity contribution is -0.165. The Labute approximate surface area is 144 Å². The summed E-state index contributed by atoms with van der Waals surface area (Å²) < 4.78 is 10.2. The van der Waals surface area contributed by atoms with Crippen LogP contribution in [0.2, 0.25) is 10.0 Å². The number of hydrogen-bond donors (Lipinski definition) is 0. The van der Waals surface area contributed by atoms with Crippen LogP contribution >= 0.6 is 23.2 Å². The van der Waals surface area contributed by atoms with E-state index >= 15 is 0 Å². The Morgan fingerprint density at radius 2 is 1.83 bits per heavy atom. The Hall–Kier alpha value is -1.59. The molecule has 0 spiro atoms. The summed E-state index contributed by atoms with van der Waals surface area (Å²) in [6.07, 6.45) is 0.463. The molecule has 0 bridgehead atoms. The Bertz CT molecular complexity index is 623. The van der Waals surface area contributed by atoms with Crippen molar-refractivity contribution in [1.29, 1.82) is 0 Å². The highest BCUT2D eigenvalue weighted by molar-refractivity contribution is 6.36. The van der Waals surface area contributed by atoms with Gasteiger partial charge in [-0.1, -0.05) is 37.0 Å². The van der Waals surface area contributed by atoms with Gasteiger partial charge in [0.05, 0.1) is 17.2 Å². The molecule has 0 aliphatic heterocycles. The molecule has 0 saturated carbocycles. The largest absolute Gasteiger partial charge is 0.465 e. The molecule has 1 aromatic carbocycles. The third-order valence-electron chi connectivity index (χ3n) is 2.93. The molecule has 0 saturated heterocycles. The lowest BCUT2D eigenvalue weighted by Crippen LogP contribution is -2.38. The second-order valence-electron chi connectivity index (χ2n) is 5.93. The molecule has 1 aromatic rings. The first-order valence-electron chi connectivity index (χ1n) is 6.93. The van der Waals surface area contributed by atoms with Crippen LogP contribution in [0.3, 0.4) is 0 Å². The van der Waals surface area contributed by atoms with E-state index in [4.69, 9.17) is 32.7 Å². The molecule has 23 heavy (non-hydrogen) atoms. The fourth-order valence-corrected chi connectivity index (χ4v) is 2.05. The van der Waals surface area contributed by atoms with Crippen molar-refractivity contribution in [3.05, 3.63) is 27.7 Å². The molecule has 0 unspecified atom stereocenters. The molecule has 0 fully saturated rings. The molecule has 0 amide bonds. The van der Waals surface area contributed by atoms with Crippen molar-refractivity contribution in [2.75, 3.05) is 6.61 Å². The molecule has 0 aliphatic carbocycles. The third-order valence-corrected chi connectivity index (χ3v) is 3.43. The molecule has 126 valence electrons. The van der Waals surface area contributed by atoms with Gasteiger partial charge in [-0.15, -0.1) is 0 Å². The minimum Gasteiger partial charge on any atom is -0.465 e. The quantitative estimate of drug-likeness (QED) is 0.332. The zero-order chi connectivity index (χ0) is 17.8. The minimum atomic E-state index is -1.54. The van der Waals surface area contributed by atoms with Gasteiger partial charge in [-0.25, -0.2) is 0 Å². The minimum absolute atomic E-state index is 0.000650. The smallest absolute Gasteiger partial charge is 0.328 e. The van der Waals surface area contributed by atoms with E-state index in [0.29, 0.717) is 6.29 Å². The van der Waals surface area contributed by atoms with Crippen LogP contribution in [0.1, 0.15) is 38.1 Å². The van der Waals surface area contributed by atoms with Gasteiger partial charge in [-0.05, 0) is 31.9 Å². The Morgan fingerprint density at radius 1 is 1.22 bits per heavy atom. The van der Waals surface area contributed by atoms with Crippen LogP contribution in [-0.2, 0) is 14.3 Å². The summed E-state index contributed by atoms with van der Waals surface area (Å²) in [5.41, 5.74) is -1.53. The molecule has 0 aliphatic rings. The number of carbonyl (C=O) groups is 3. The van der Waals surface area contributed by atoms with Crippen LogP contribution in [0, 0.1) is 11.3 Å². The lowest BCUT2D eigenvalue weighted by atomic mass is 9.94. The summed E-state index contributed by atoms with van der Waals surface area (Å²) in [6.45, 7) is 6.70. The maximum atomic E-state index is 12.3. The van der Waals surface area contributed by atoms with E-state index in [1.54, 1.807) is 0 Å². The summed E-state index contributed by atoms with van der Waals surface area (Å²) in [5, 5.41) is 0.229. The molecule has 0 heterocycles. The fourth-order valence-electron chi connectivity index (χ4n) is 1.50. The van der Waals surface area contributed by atoms with E-state index in [1.165, 1.54) is 26.0 Å². The lowest BCUT2D eigenvalue weighted by Gasteiger charge is -2.22. The van der Waals surface area contributed by atoms with Crippen LogP contribution in [0.4, 0.5) is 0 Å². The van der Waals surface area contributed by atoms with E-state index in [9.17, 15) is 14.4 Å². The molecular formula is C16H18Cl2O5. The van der Waals surface area contributed by atoms with E-state index in [2.05, 4.69) is 0 Å². The van der Waals surface area contributed by atoms with Crippen molar-refractivity contribution in [2.45, 2.75) is 27.7 Å². The molecule has 0 radical (unpaired) electrons. The van der Waals surface area contributed by atoms with Crippen LogP contribution in [0.5, 0.6) is 5.75 Å². The van der Waals surface area contributed by atoms with E-state index in [-0.39, 0.29) is 33.9 Å². The van der Waals surface area contributed by atoms with Crippen LogP contribution in [0.25, 0.3) is 0 Å². The van der Waals surface area contributed by atoms with Crippen molar-refractivity contribution >= 4 is 41.4 Å². The normalized spacial score (nSPS) is 11.3. The van der Waals surface area contributed by atoms with Crippen molar-refractivity contribution in [3.8, 4) is 5.75 Å². The van der Waals surface area contributed by atoms with Crippen molar-refractivity contribution in [3.63, 3.8) is 0 Å². The number of hydrogen-bond acceptors (Lipinski definition) is 5. The highest BCUT2D eigenvalue weighted by Crippen LogP contribution is 2.33. The van der Waals surface area contributed by atoms with Gasteiger partial charge in [0.15, 0.2) is 17.5 Å². The zero-order valence-electron chi connectivity index (χ0n) is 13.3. The number of rotatable bonds is 6. The third kappa shape index (κ3) is 4.94. The van der Waals surface area contributed by atoms with Crippen molar-refractivity contribution < 1.29 is 23.9 Å². The van der Waals surface area contributed by atoms with E-state index in [1.807, 2.05) is 13.8 Å². The maximum absolute atomic E-state index is 12.3. The average molecular weight is 361 g/mol. The van der Waals surface area contributed by atoms with Gasteiger partial charge >= 0.3 is 11.9 Å². The van der Waals surface area contributed by atoms with Gasteiger partial charge in [0.2, 0.25) is 0 Å². The van der Waals surface area contributed by atoms with Gasteiger partial charge in [0, 0.05) is 5.02 Å². The van der Waals surface area contributed by atoms with Gasteiger partial charge in [0.1, 0.15) is 0 Å². The zero-order valence-corrected chi connectivity index (χ0v) is 14.8. The first-order chi connectivity index (χ1) is 10.6. The molecule has 5 nitrogen and oxygen atoms in total. The Kier molecular flexibility index (Phi) is 6.59. The predicted molar refractivity (Wildman–Crippen MR) is 87.1 cm³/mol. The standard InChI is InChI=1S/C16H18Cl2O5/c1-9(2)8-22-14(20)16(3,4)15(21)23-13-10(7-19)5-11(17)6-12(13)18/h5-7,9H,8H2,1-4H3. The maximum Gasteiger partial charge on any atom is 0.328 e. The summed E-state index contributed by atoms with van der Waals surface area (Å²) in [4.78, 5) is 35.4. The fraction of sp³-hybridized carbons (Fsp3) is 0.438. The van der Waals surface area contributed by atoms with Gasteiger partial charge in [-0.2, -0.15) is 0 Å². The number of ether oxygens (including phenoxy) is 2. The van der Waals surface area contributed by atoms with Crippen molar-refractivity contribution in [2.24, 2.45) is 11.3 Å². The molecular weight excluding hydrogens is 343 g/mol. The number of benzene rings is 1. The SMILES string of the molecule is CC(C)COC(=O)C(C)(C)C(=O)Oc1c(Cl)cc(Cl)cc1C=O. The van der Waals surface area contributed by atoms with E-state index in [0.717, 1.165) is 0 Å². The Balaban J connectivity index is 2.98.